The second kappa shape index (κ2) is 9.76. The monoisotopic (exact) mass is 385 g/mol. The Balaban J connectivity index is 1.46. The van der Waals surface area contributed by atoms with Gasteiger partial charge in [0.15, 0.2) is 0 Å². The third-order valence-electron chi connectivity index (χ3n) is 5.82. The van der Waals surface area contributed by atoms with Crippen molar-refractivity contribution < 1.29 is 4.74 Å². The molecule has 0 amide bonds. The molecule has 4 rings (SSSR count). The van der Waals surface area contributed by atoms with Gasteiger partial charge < -0.3 is 10.1 Å². The van der Waals surface area contributed by atoms with Crippen LogP contribution in [-0.2, 0) is 13.2 Å². The Hall–Kier alpha value is -2.58. The van der Waals surface area contributed by atoms with Gasteiger partial charge in [-0.05, 0) is 68.0 Å². The average molecular weight is 386 g/mol. The lowest BCUT2D eigenvalue weighted by Crippen LogP contribution is -2.16. The summed E-state index contributed by atoms with van der Waals surface area (Å²) in [5, 5.41) is 6.21. The number of fused-ring (bicyclic) bond motifs is 1. The van der Waals surface area contributed by atoms with E-state index in [1.165, 1.54) is 53.1 Å². The highest BCUT2D eigenvalue weighted by atomic mass is 16.5. The topological polar surface area (TPSA) is 21.3 Å². The van der Waals surface area contributed by atoms with Crippen molar-refractivity contribution in [2.75, 3.05) is 6.54 Å². The van der Waals surface area contributed by atoms with Gasteiger partial charge in [-0.25, -0.2) is 0 Å². The Morgan fingerprint density at radius 1 is 0.931 bits per heavy atom. The molecule has 3 aromatic rings. The van der Waals surface area contributed by atoms with Crippen LogP contribution in [0.2, 0.25) is 0 Å². The summed E-state index contributed by atoms with van der Waals surface area (Å²) in [4.78, 5) is 0. The zero-order valence-electron chi connectivity index (χ0n) is 17.4. The Morgan fingerprint density at radius 2 is 1.79 bits per heavy atom. The van der Waals surface area contributed by atoms with Crippen LogP contribution in [-0.4, -0.2) is 6.54 Å². The molecule has 0 bridgehead atoms. The number of rotatable bonds is 8. The SMILES string of the molecule is Cc1ccc(COc2ccc3ccccc3c2CNCCC2=CCCCC2)cc1. The highest BCUT2D eigenvalue weighted by Crippen LogP contribution is 2.29. The summed E-state index contributed by atoms with van der Waals surface area (Å²) in [6.45, 7) is 4.56. The zero-order chi connectivity index (χ0) is 19.9. The van der Waals surface area contributed by atoms with Gasteiger partial charge >= 0.3 is 0 Å². The number of hydrogen-bond donors (Lipinski definition) is 1. The van der Waals surface area contributed by atoms with Gasteiger partial charge in [0.1, 0.15) is 12.4 Å². The van der Waals surface area contributed by atoms with Crippen molar-refractivity contribution in [1.82, 2.24) is 5.32 Å². The van der Waals surface area contributed by atoms with Gasteiger partial charge in [-0.2, -0.15) is 0 Å². The van der Waals surface area contributed by atoms with Crippen molar-refractivity contribution in [3.63, 3.8) is 0 Å². The van der Waals surface area contributed by atoms with Crippen LogP contribution in [0.15, 0.2) is 72.3 Å². The van der Waals surface area contributed by atoms with Crippen molar-refractivity contribution in [3.05, 3.63) is 89.0 Å². The van der Waals surface area contributed by atoms with E-state index in [1.54, 1.807) is 5.57 Å². The van der Waals surface area contributed by atoms with Crippen LogP contribution < -0.4 is 10.1 Å². The van der Waals surface area contributed by atoms with Gasteiger partial charge in [0.2, 0.25) is 0 Å². The summed E-state index contributed by atoms with van der Waals surface area (Å²) in [5.41, 5.74) is 5.36. The van der Waals surface area contributed by atoms with E-state index in [0.29, 0.717) is 6.61 Å². The largest absolute Gasteiger partial charge is 0.489 e. The Kier molecular flexibility index (Phi) is 6.63. The van der Waals surface area contributed by atoms with Gasteiger partial charge in [-0.3, -0.25) is 0 Å². The maximum Gasteiger partial charge on any atom is 0.124 e. The summed E-state index contributed by atoms with van der Waals surface area (Å²) >= 11 is 0. The maximum atomic E-state index is 6.27. The molecule has 0 fully saturated rings. The Labute approximate surface area is 174 Å². The van der Waals surface area contributed by atoms with E-state index in [2.05, 4.69) is 79.0 Å². The summed E-state index contributed by atoms with van der Waals surface area (Å²) in [5.74, 6) is 0.980. The zero-order valence-corrected chi connectivity index (χ0v) is 17.4. The summed E-state index contributed by atoms with van der Waals surface area (Å²) < 4.78 is 6.27. The van der Waals surface area contributed by atoms with Gasteiger partial charge in [0, 0.05) is 12.1 Å². The number of aryl methyl sites for hydroxylation is 1. The minimum Gasteiger partial charge on any atom is -0.489 e. The van der Waals surface area contributed by atoms with Crippen LogP contribution >= 0.6 is 0 Å². The third-order valence-corrected chi connectivity index (χ3v) is 5.82. The first kappa shape index (κ1) is 19.7. The molecule has 150 valence electrons. The van der Waals surface area contributed by atoms with Crippen LogP contribution in [0.1, 0.15) is 48.8 Å². The molecule has 1 aliphatic carbocycles. The fourth-order valence-electron chi connectivity index (χ4n) is 4.07. The average Bonchev–Trinajstić information content (AvgIpc) is 2.77. The van der Waals surface area contributed by atoms with E-state index in [9.17, 15) is 0 Å². The lowest BCUT2D eigenvalue weighted by atomic mass is 9.97. The first-order valence-corrected chi connectivity index (χ1v) is 10.9. The smallest absolute Gasteiger partial charge is 0.124 e. The van der Waals surface area contributed by atoms with Crippen LogP contribution in [0.25, 0.3) is 10.8 Å². The summed E-state index contributed by atoms with van der Waals surface area (Å²) in [6.07, 6.45) is 8.85. The predicted octanol–water partition coefficient (Wildman–Crippen LogP) is 6.71. The Bertz CT molecular complexity index is 971. The molecule has 29 heavy (non-hydrogen) atoms. The van der Waals surface area contributed by atoms with Crippen molar-refractivity contribution in [2.24, 2.45) is 0 Å². The third kappa shape index (κ3) is 5.27. The van der Waals surface area contributed by atoms with Crippen LogP contribution in [0.5, 0.6) is 5.75 Å². The molecular formula is C27H31NO. The molecule has 1 aliphatic rings. The molecule has 0 aliphatic heterocycles. The van der Waals surface area contributed by atoms with Crippen LogP contribution in [0.3, 0.4) is 0 Å². The van der Waals surface area contributed by atoms with Crippen LogP contribution in [0.4, 0.5) is 0 Å². The first-order valence-electron chi connectivity index (χ1n) is 10.9. The highest BCUT2D eigenvalue weighted by molar-refractivity contribution is 5.87. The predicted molar refractivity (Wildman–Crippen MR) is 122 cm³/mol. The Morgan fingerprint density at radius 3 is 2.62 bits per heavy atom. The number of nitrogens with one attached hydrogen (secondary N) is 1. The number of benzene rings is 3. The normalized spacial score (nSPS) is 14.0. The molecule has 3 aromatic carbocycles. The van der Waals surface area contributed by atoms with E-state index in [4.69, 9.17) is 4.74 Å². The fourth-order valence-corrected chi connectivity index (χ4v) is 4.07. The molecule has 1 N–H and O–H groups in total. The number of allylic oxidation sites excluding steroid dienone is 1. The highest BCUT2D eigenvalue weighted by Gasteiger charge is 2.10. The minimum absolute atomic E-state index is 0.596. The molecule has 0 saturated carbocycles. The van der Waals surface area contributed by atoms with E-state index < -0.39 is 0 Å². The molecule has 0 saturated heterocycles. The molecule has 0 radical (unpaired) electrons. The molecule has 2 heteroatoms. The van der Waals surface area contributed by atoms with E-state index in [0.717, 1.165) is 25.3 Å². The van der Waals surface area contributed by atoms with Gasteiger partial charge in [-0.15, -0.1) is 0 Å². The second-order valence-electron chi connectivity index (χ2n) is 8.07. The molecule has 0 atom stereocenters. The standard InChI is InChI=1S/C27H31NO/c1-21-11-13-23(14-12-21)20-29-27-16-15-24-9-5-6-10-25(24)26(27)19-28-18-17-22-7-3-2-4-8-22/h5-7,9-16,28H,2-4,8,17-20H2,1H3. The number of ether oxygens (including phenoxy) is 1. The van der Waals surface area contributed by atoms with E-state index >= 15 is 0 Å². The molecule has 0 heterocycles. The number of hydrogen-bond acceptors (Lipinski definition) is 2. The van der Waals surface area contributed by atoms with Crippen LogP contribution in [0, 0.1) is 6.92 Å². The molecule has 0 aromatic heterocycles. The quantitative estimate of drug-likeness (QED) is 0.344. The molecular weight excluding hydrogens is 354 g/mol. The summed E-state index contributed by atoms with van der Waals surface area (Å²) in [7, 11) is 0. The molecule has 0 spiro atoms. The van der Waals surface area contributed by atoms with Crippen molar-refractivity contribution in [2.45, 2.75) is 52.2 Å². The maximum absolute atomic E-state index is 6.27. The van der Waals surface area contributed by atoms with Crippen molar-refractivity contribution >= 4 is 10.8 Å². The minimum atomic E-state index is 0.596. The summed E-state index contributed by atoms with van der Waals surface area (Å²) in [6, 6.07) is 21.4. The lowest BCUT2D eigenvalue weighted by molar-refractivity contribution is 0.303. The van der Waals surface area contributed by atoms with E-state index in [1.807, 2.05) is 0 Å². The van der Waals surface area contributed by atoms with Crippen molar-refractivity contribution in [3.8, 4) is 5.75 Å². The second-order valence-corrected chi connectivity index (χ2v) is 8.07. The van der Waals surface area contributed by atoms with E-state index in [-0.39, 0.29) is 0 Å². The molecule has 2 nitrogen and oxygen atoms in total. The van der Waals surface area contributed by atoms with Gasteiger partial charge in [-0.1, -0.05) is 71.8 Å². The fraction of sp³-hybridized carbons (Fsp3) is 0.333. The lowest BCUT2D eigenvalue weighted by Gasteiger charge is -2.16. The van der Waals surface area contributed by atoms with Crippen molar-refractivity contribution in [1.29, 1.82) is 0 Å². The van der Waals surface area contributed by atoms with Gasteiger partial charge in [0.05, 0.1) is 0 Å². The first-order chi connectivity index (χ1) is 14.3. The van der Waals surface area contributed by atoms with Gasteiger partial charge in [0.25, 0.3) is 0 Å². The molecule has 0 unspecified atom stereocenters.